The minimum atomic E-state index is -0.184. The number of carbonyl (C=O) groups excluding carboxylic acids is 1. The van der Waals surface area contributed by atoms with Crippen LogP contribution in [0.3, 0.4) is 0 Å². The van der Waals surface area contributed by atoms with Gasteiger partial charge in [-0.2, -0.15) is 0 Å². The van der Waals surface area contributed by atoms with Gasteiger partial charge in [0.2, 0.25) is 0 Å². The lowest BCUT2D eigenvalue weighted by atomic mass is 10.1. The van der Waals surface area contributed by atoms with E-state index in [1.807, 2.05) is 47.4 Å². The average Bonchev–Trinajstić information content (AvgIpc) is 3.22. The van der Waals surface area contributed by atoms with Gasteiger partial charge in [0.05, 0.1) is 17.3 Å². The van der Waals surface area contributed by atoms with Crippen molar-refractivity contribution in [3.8, 4) is 0 Å². The summed E-state index contributed by atoms with van der Waals surface area (Å²) in [6, 6.07) is 20.3. The minimum Gasteiger partial charge on any atom is -0.379 e. The first-order chi connectivity index (χ1) is 15.1. The van der Waals surface area contributed by atoms with Crippen molar-refractivity contribution in [3.05, 3.63) is 105 Å². The molecule has 2 aromatic carbocycles. The van der Waals surface area contributed by atoms with Gasteiger partial charge in [-0.15, -0.1) is 0 Å². The van der Waals surface area contributed by atoms with E-state index in [9.17, 15) is 9.59 Å². The Labute approximate surface area is 183 Å². The molecular weight excluding hydrogens is 412 g/mol. The third-order valence-electron chi connectivity index (χ3n) is 5.41. The Kier molecular flexibility index (Phi) is 4.92. The Balaban J connectivity index is 1.29. The van der Waals surface area contributed by atoms with Gasteiger partial charge in [0.15, 0.2) is 0 Å². The quantitative estimate of drug-likeness (QED) is 0.528. The smallest absolute Gasteiger partial charge is 0.258 e. The van der Waals surface area contributed by atoms with Crippen molar-refractivity contribution < 1.29 is 4.79 Å². The Morgan fingerprint density at radius 3 is 2.71 bits per heavy atom. The zero-order valence-corrected chi connectivity index (χ0v) is 17.3. The topological polar surface area (TPSA) is 66.7 Å². The number of pyridine rings is 1. The van der Waals surface area contributed by atoms with Crippen molar-refractivity contribution in [1.29, 1.82) is 0 Å². The highest BCUT2D eigenvalue weighted by atomic mass is 35.5. The van der Waals surface area contributed by atoms with E-state index in [4.69, 9.17) is 11.6 Å². The number of fused-ring (bicyclic) bond motifs is 2. The van der Waals surface area contributed by atoms with Gasteiger partial charge in [-0.1, -0.05) is 29.8 Å². The van der Waals surface area contributed by atoms with Crippen molar-refractivity contribution >= 4 is 34.5 Å². The number of para-hydroxylation sites is 1. The van der Waals surface area contributed by atoms with Crippen molar-refractivity contribution in [3.63, 3.8) is 0 Å². The van der Waals surface area contributed by atoms with E-state index in [0.717, 1.165) is 17.8 Å². The summed E-state index contributed by atoms with van der Waals surface area (Å²) < 4.78 is 1.42. The number of carbonyl (C=O) groups is 1. The Bertz CT molecular complexity index is 1350. The molecule has 0 aliphatic carbocycles. The molecule has 0 atom stereocenters. The molecule has 4 aromatic rings. The van der Waals surface area contributed by atoms with Crippen molar-refractivity contribution in [1.82, 2.24) is 9.38 Å². The number of rotatable bonds is 4. The van der Waals surface area contributed by atoms with E-state index in [1.54, 1.807) is 18.3 Å². The Hall–Kier alpha value is -3.64. The molecule has 0 saturated heterocycles. The minimum absolute atomic E-state index is 0.000576. The molecule has 154 valence electrons. The van der Waals surface area contributed by atoms with Crippen molar-refractivity contribution in [2.45, 2.75) is 13.0 Å². The lowest BCUT2D eigenvalue weighted by Crippen LogP contribution is -2.28. The maximum absolute atomic E-state index is 12.9. The predicted octanol–water partition coefficient (Wildman–Crippen LogP) is 4.16. The molecule has 0 fully saturated rings. The number of aromatic nitrogens is 2. The van der Waals surface area contributed by atoms with Gasteiger partial charge in [0.25, 0.3) is 11.5 Å². The van der Waals surface area contributed by atoms with E-state index < -0.39 is 0 Å². The third-order valence-corrected chi connectivity index (χ3v) is 5.64. The second-order valence-corrected chi connectivity index (χ2v) is 7.86. The number of nitrogens with zero attached hydrogens (tertiary/aromatic N) is 3. The summed E-state index contributed by atoms with van der Waals surface area (Å²) in [5, 5.41) is 3.73. The van der Waals surface area contributed by atoms with Gasteiger partial charge >= 0.3 is 0 Å². The lowest BCUT2D eigenvalue weighted by Gasteiger charge is -2.17. The molecule has 0 spiro atoms. The fourth-order valence-corrected chi connectivity index (χ4v) is 4.01. The average molecular weight is 431 g/mol. The Morgan fingerprint density at radius 1 is 1.06 bits per heavy atom. The first kappa shape index (κ1) is 19.3. The summed E-state index contributed by atoms with van der Waals surface area (Å²) in [6.07, 6.45) is 2.43. The lowest BCUT2D eigenvalue weighted by molar-refractivity contribution is 0.0989. The molecule has 1 amide bonds. The normalized spacial score (nSPS) is 12.7. The number of halogens is 1. The molecule has 0 bridgehead atoms. The van der Waals surface area contributed by atoms with Gasteiger partial charge in [0, 0.05) is 35.7 Å². The van der Waals surface area contributed by atoms with E-state index >= 15 is 0 Å². The molecule has 0 unspecified atom stereocenters. The molecular formula is C24H19ClN4O2. The van der Waals surface area contributed by atoms with Crippen LogP contribution in [0.25, 0.3) is 5.65 Å². The van der Waals surface area contributed by atoms with Gasteiger partial charge < -0.3 is 10.2 Å². The molecule has 5 rings (SSSR count). The summed E-state index contributed by atoms with van der Waals surface area (Å²) in [6.45, 7) is 1.09. The first-order valence-corrected chi connectivity index (χ1v) is 10.4. The molecule has 7 heteroatoms. The van der Waals surface area contributed by atoms with Crippen molar-refractivity contribution in [2.75, 3.05) is 16.8 Å². The highest BCUT2D eigenvalue weighted by Gasteiger charge is 2.24. The molecule has 1 N–H and O–H groups in total. The van der Waals surface area contributed by atoms with Crippen LogP contribution in [0.2, 0.25) is 5.02 Å². The van der Waals surface area contributed by atoms with Crippen LogP contribution in [0.5, 0.6) is 0 Å². The molecule has 2 aromatic heterocycles. The zero-order valence-electron chi connectivity index (χ0n) is 16.6. The molecule has 1 aliphatic rings. The van der Waals surface area contributed by atoms with Crippen LogP contribution in [0.1, 0.15) is 21.6 Å². The SMILES string of the molecule is O=C(c1ccc(NCc2cc(=O)n3cc(Cl)ccc3n2)cc1)N1CCc2ccccc21. The van der Waals surface area contributed by atoms with E-state index in [2.05, 4.69) is 16.4 Å². The van der Waals surface area contributed by atoms with Gasteiger partial charge in [-0.3, -0.25) is 14.0 Å². The van der Waals surface area contributed by atoms with E-state index in [1.165, 1.54) is 16.0 Å². The maximum atomic E-state index is 12.9. The van der Waals surface area contributed by atoms with Crippen LogP contribution in [0, 0.1) is 0 Å². The van der Waals surface area contributed by atoms with Crippen LogP contribution in [-0.4, -0.2) is 21.8 Å². The third kappa shape index (κ3) is 3.78. The monoisotopic (exact) mass is 430 g/mol. The van der Waals surface area contributed by atoms with E-state index in [-0.39, 0.29) is 11.5 Å². The molecule has 3 heterocycles. The second-order valence-electron chi connectivity index (χ2n) is 7.43. The van der Waals surface area contributed by atoms with Gasteiger partial charge in [-0.05, 0) is 54.4 Å². The highest BCUT2D eigenvalue weighted by molar-refractivity contribution is 6.30. The number of hydrogen-bond acceptors (Lipinski definition) is 4. The second kappa shape index (κ2) is 7.89. The van der Waals surface area contributed by atoms with Gasteiger partial charge in [-0.25, -0.2) is 4.98 Å². The highest BCUT2D eigenvalue weighted by Crippen LogP contribution is 2.29. The first-order valence-electron chi connectivity index (χ1n) is 10.00. The maximum Gasteiger partial charge on any atom is 0.258 e. The van der Waals surface area contributed by atoms with Crippen LogP contribution in [0.15, 0.2) is 77.7 Å². The number of nitrogens with one attached hydrogen (secondary N) is 1. The molecule has 1 aliphatic heterocycles. The zero-order chi connectivity index (χ0) is 21.4. The fraction of sp³-hybridized carbons (Fsp3) is 0.125. The summed E-state index contributed by atoms with van der Waals surface area (Å²) >= 11 is 5.95. The van der Waals surface area contributed by atoms with E-state index in [0.29, 0.717) is 35.0 Å². The van der Waals surface area contributed by atoms with Crippen LogP contribution in [-0.2, 0) is 13.0 Å². The summed E-state index contributed by atoms with van der Waals surface area (Å²) in [5.41, 5.74) is 4.66. The standard InChI is InChI=1S/C24H19ClN4O2/c25-18-7-10-22-27-20(13-23(30)29(22)15-18)14-26-19-8-5-17(6-9-19)24(31)28-12-11-16-3-1-2-4-21(16)28/h1-10,13,15,26H,11-12,14H2. The number of anilines is 2. The number of hydrogen-bond donors (Lipinski definition) is 1. The van der Waals surface area contributed by atoms with Crippen LogP contribution < -0.4 is 15.8 Å². The van der Waals surface area contributed by atoms with Crippen LogP contribution >= 0.6 is 11.6 Å². The number of amides is 1. The van der Waals surface area contributed by atoms with Crippen LogP contribution in [0.4, 0.5) is 11.4 Å². The summed E-state index contributed by atoms with van der Waals surface area (Å²) in [7, 11) is 0. The largest absolute Gasteiger partial charge is 0.379 e. The Morgan fingerprint density at radius 2 is 1.87 bits per heavy atom. The molecule has 0 radical (unpaired) electrons. The van der Waals surface area contributed by atoms with Crippen molar-refractivity contribution in [2.24, 2.45) is 0 Å². The number of benzene rings is 2. The fourth-order valence-electron chi connectivity index (χ4n) is 3.84. The molecule has 6 nitrogen and oxygen atoms in total. The molecule has 31 heavy (non-hydrogen) atoms. The predicted molar refractivity (Wildman–Crippen MR) is 122 cm³/mol. The summed E-state index contributed by atoms with van der Waals surface area (Å²) in [4.78, 5) is 31.5. The van der Waals surface area contributed by atoms with Gasteiger partial charge in [0.1, 0.15) is 5.65 Å². The summed E-state index contributed by atoms with van der Waals surface area (Å²) in [5.74, 6) is -0.000576. The molecule has 0 saturated carbocycles.